The molecule has 0 saturated carbocycles. The molecule has 3 aromatic rings. The van der Waals surface area contributed by atoms with Gasteiger partial charge in [-0.05, 0) is 35.9 Å². The lowest BCUT2D eigenvalue weighted by Gasteiger charge is -2.35. The summed E-state index contributed by atoms with van der Waals surface area (Å²) in [6, 6.07) is 20.7. The van der Waals surface area contributed by atoms with Crippen LogP contribution in [0.25, 0.3) is 5.69 Å². The highest BCUT2D eigenvalue weighted by molar-refractivity contribution is 5.98. The Balaban J connectivity index is 1.61. The number of amides is 2. The highest BCUT2D eigenvalue weighted by atomic mass is 16.2. The molecule has 136 valence electrons. The van der Waals surface area contributed by atoms with E-state index in [1.807, 2.05) is 77.6 Å². The minimum absolute atomic E-state index is 0.0972. The Morgan fingerprint density at radius 2 is 1.78 bits per heavy atom. The van der Waals surface area contributed by atoms with E-state index in [-0.39, 0.29) is 11.8 Å². The first-order chi connectivity index (χ1) is 13.2. The zero-order valence-electron chi connectivity index (χ0n) is 14.9. The van der Waals surface area contributed by atoms with Crippen LogP contribution in [0.4, 0.5) is 0 Å². The van der Waals surface area contributed by atoms with Gasteiger partial charge in [0.25, 0.3) is 5.91 Å². The van der Waals surface area contributed by atoms with Gasteiger partial charge in [-0.3, -0.25) is 9.59 Å². The number of carbonyl (C=O) groups excluding carboxylic acids is 2. The number of rotatable bonds is 4. The maximum Gasteiger partial charge on any atom is 0.254 e. The maximum atomic E-state index is 13.2. The number of nitrogens with zero attached hydrogens (tertiary/aromatic N) is 2. The zero-order valence-corrected chi connectivity index (χ0v) is 14.9. The van der Waals surface area contributed by atoms with Gasteiger partial charge in [0, 0.05) is 43.2 Å². The molecule has 0 aliphatic carbocycles. The summed E-state index contributed by atoms with van der Waals surface area (Å²) >= 11 is 0. The van der Waals surface area contributed by atoms with Crippen molar-refractivity contribution < 1.29 is 9.59 Å². The van der Waals surface area contributed by atoms with Gasteiger partial charge in [-0.1, -0.05) is 36.4 Å². The first-order valence-electron chi connectivity index (χ1n) is 9.08. The molecule has 0 radical (unpaired) electrons. The van der Waals surface area contributed by atoms with Crippen LogP contribution < -0.4 is 5.32 Å². The topological polar surface area (TPSA) is 54.3 Å². The normalized spacial score (nSPS) is 16.8. The van der Waals surface area contributed by atoms with E-state index in [9.17, 15) is 9.59 Å². The third-order valence-corrected chi connectivity index (χ3v) is 4.86. The summed E-state index contributed by atoms with van der Waals surface area (Å²) < 4.78 is 1.96. The summed E-state index contributed by atoms with van der Waals surface area (Å²) in [4.78, 5) is 27.4. The third kappa shape index (κ3) is 3.62. The summed E-state index contributed by atoms with van der Waals surface area (Å²) in [5.41, 5.74) is 2.55. The van der Waals surface area contributed by atoms with E-state index in [1.165, 1.54) is 0 Å². The number of nitrogens with one attached hydrogen (secondary N) is 1. The molecular weight excluding hydrogens is 338 g/mol. The first kappa shape index (κ1) is 17.1. The van der Waals surface area contributed by atoms with E-state index in [0.29, 0.717) is 25.1 Å². The molecule has 5 heteroatoms. The Bertz CT molecular complexity index is 935. The number of aromatic nitrogens is 1. The zero-order chi connectivity index (χ0) is 18.6. The molecule has 1 unspecified atom stereocenters. The van der Waals surface area contributed by atoms with E-state index >= 15 is 0 Å². The minimum Gasteiger partial charge on any atom is -0.353 e. The Labute approximate surface area is 158 Å². The Morgan fingerprint density at radius 1 is 1.00 bits per heavy atom. The van der Waals surface area contributed by atoms with Crippen LogP contribution >= 0.6 is 0 Å². The van der Waals surface area contributed by atoms with Crippen LogP contribution in [-0.4, -0.2) is 40.4 Å². The fraction of sp³-hybridized carbons (Fsp3) is 0.182. The predicted octanol–water partition coefficient (Wildman–Crippen LogP) is 2.66. The lowest BCUT2D eigenvalue weighted by Crippen LogP contribution is -2.58. The molecule has 1 aromatic heterocycles. The van der Waals surface area contributed by atoms with E-state index in [4.69, 9.17) is 0 Å². The van der Waals surface area contributed by atoms with Crippen LogP contribution in [0.5, 0.6) is 0 Å². The Kier molecular flexibility index (Phi) is 4.75. The van der Waals surface area contributed by atoms with Crippen molar-refractivity contribution in [3.8, 4) is 5.69 Å². The molecule has 1 aliphatic rings. The van der Waals surface area contributed by atoms with Crippen molar-refractivity contribution in [1.29, 1.82) is 0 Å². The number of hydrogen-bond acceptors (Lipinski definition) is 2. The smallest absolute Gasteiger partial charge is 0.254 e. The molecule has 0 bridgehead atoms. The van der Waals surface area contributed by atoms with Crippen LogP contribution in [0.15, 0.2) is 79.1 Å². The summed E-state index contributed by atoms with van der Waals surface area (Å²) in [7, 11) is 0. The fourth-order valence-corrected chi connectivity index (χ4v) is 3.47. The predicted molar refractivity (Wildman–Crippen MR) is 104 cm³/mol. The molecule has 4 rings (SSSR count). The number of hydrogen-bond donors (Lipinski definition) is 1. The molecule has 1 aliphatic heterocycles. The van der Waals surface area contributed by atoms with E-state index in [2.05, 4.69) is 5.32 Å². The highest BCUT2D eigenvalue weighted by Crippen LogP contribution is 2.18. The van der Waals surface area contributed by atoms with Gasteiger partial charge in [0.15, 0.2) is 0 Å². The van der Waals surface area contributed by atoms with Crippen molar-refractivity contribution in [2.45, 2.75) is 12.5 Å². The second-order valence-corrected chi connectivity index (χ2v) is 6.64. The van der Waals surface area contributed by atoms with Crippen molar-refractivity contribution in [3.05, 3.63) is 90.3 Å². The standard InChI is InChI=1S/C22H21N3O2/c26-21-20(15-17-7-2-1-3-8-17)25(14-11-23-21)22(27)18-9-6-10-19(16-18)24-12-4-5-13-24/h1-10,12-13,16,20H,11,14-15H2,(H,23,26). The van der Waals surface area contributed by atoms with Gasteiger partial charge >= 0.3 is 0 Å². The summed E-state index contributed by atoms with van der Waals surface area (Å²) in [5, 5.41) is 2.89. The summed E-state index contributed by atoms with van der Waals surface area (Å²) in [6.07, 6.45) is 4.39. The maximum absolute atomic E-state index is 13.2. The molecule has 1 atom stereocenters. The molecule has 2 amide bonds. The van der Waals surface area contributed by atoms with Crippen LogP contribution in [0.2, 0.25) is 0 Å². The lowest BCUT2D eigenvalue weighted by molar-refractivity contribution is -0.127. The number of carbonyl (C=O) groups is 2. The molecular formula is C22H21N3O2. The molecule has 1 fully saturated rings. The average molecular weight is 359 g/mol. The van der Waals surface area contributed by atoms with Gasteiger partial charge in [0.2, 0.25) is 5.91 Å². The monoisotopic (exact) mass is 359 g/mol. The van der Waals surface area contributed by atoms with Crippen LogP contribution in [0.1, 0.15) is 15.9 Å². The van der Waals surface area contributed by atoms with Gasteiger partial charge in [0.05, 0.1) is 0 Å². The highest BCUT2D eigenvalue weighted by Gasteiger charge is 2.33. The summed E-state index contributed by atoms with van der Waals surface area (Å²) in [6.45, 7) is 0.989. The Morgan fingerprint density at radius 3 is 2.56 bits per heavy atom. The lowest BCUT2D eigenvalue weighted by atomic mass is 10.0. The van der Waals surface area contributed by atoms with Gasteiger partial charge < -0.3 is 14.8 Å². The molecule has 1 N–H and O–H groups in total. The molecule has 1 saturated heterocycles. The molecule has 5 nitrogen and oxygen atoms in total. The minimum atomic E-state index is -0.496. The van der Waals surface area contributed by atoms with Crippen LogP contribution in [0, 0.1) is 0 Å². The quantitative estimate of drug-likeness (QED) is 0.779. The van der Waals surface area contributed by atoms with Crippen molar-refractivity contribution >= 4 is 11.8 Å². The second-order valence-electron chi connectivity index (χ2n) is 6.64. The van der Waals surface area contributed by atoms with Crippen LogP contribution in [-0.2, 0) is 11.2 Å². The summed E-state index contributed by atoms with van der Waals surface area (Å²) in [5.74, 6) is -0.209. The molecule has 2 aromatic carbocycles. The fourth-order valence-electron chi connectivity index (χ4n) is 3.47. The van der Waals surface area contributed by atoms with Crippen molar-refractivity contribution in [2.75, 3.05) is 13.1 Å². The number of piperazine rings is 1. The van der Waals surface area contributed by atoms with Crippen molar-refractivity contribution in [3.63, 3.8) is 0 Å². The molecule has 27 heavy (non-hydrogen) atoms. The molecule has 2 heterocycles. The van der Waals surface area contributed by atoms with Crippen molar-refractivity contribution in [2.24, 2.45) is 0 Å². The first-order valence-corrected chi connectivity index (χ1v) is 9.08. The largest absolute Gasteiger partial charge is 0.353 e. The van der Waals surface area contributed by atoms with E-state index in [1.54, 1.807) is 11.0 Å². The van der Waals surface area contributed by atoms with Gasteiger partial charge in [0.1, 0.15) is 6.04 Å². The Hall–Kier alpha value is -3.34. The van der Waals surface area contributed by atoms with E-state index < -0.39 is 6.04 Å². The number of benzene rings is 2. The van der Waals surface area contributed by atoms with E-state index in [0.717, 1.165) is 11.3 Å². The van der Waals surface area contributed by atoms with Gasteiger partial charge in [-0.2, -0.15) is 0 Å². The second kappa shape index (κ2) is 7.50. The van der Waals surface area contributed by atoms with Crippen LogP contribution in [0.3, 0.4) is 0 Å². The van der Waals surface area contributed by atoms with Gasteiger partial charge in [-0.25, -0.2) is 0 Å². The third-order valence-electron chi connectivity index (χ3n) is 4.86. The average Bonchev–Trinajstić information content (AvgIpc) is 3.25. The molecule has 0 spiro atoms. The SMILES string of the molecule is O=C1NCCN(C(=O)c2cccc(-n3cccc3)c2)C1Cc1ccccc1. The van der Waals surface area contributed by atoms with Crippen molar-refractivity contribution in [1.82, 2.24) is 14.8 Å². The van der Waals surface area contributed by atoms with Gasteiger partial charge in [-0.15, -0.1) is 0 Å².